The van der Waals surface area contributed by atoms with Crippen LogP contribution in [0, 0.1) is 11.6 Å². The summed E-state index contributed by atoms with van der Waals surface area (Å²) in [5.41, 5.74) is 2.30. The van der Waals surface area contributed by atoms with E-state index in [-0.39, 0.29) is 47.4 Å². The van der Waals surface area contributed by atoms with Crippen LogP contribution in [0.2, 0.25) is 0 Å². The Hall–Kier alpha value is -5.14. The number of pyridine rings is 1. The number of fused-ring (bicyclic) bond motifs is 1. The highest BCUT2D eigenvalue weighted by atomic mass is 32.1. The van der Waals surface area contributed by atoms with Crippen LogP contribution in [0.4, 0.5) is 8.78 Å². The number of benzene rings is 2. The molecule has 6 aromatic rings. The summed E-state index contributed by atoms with van der Waals surface area (Å²) in [6, 6.07) is 11.8. The zero-order chi connectivity index (χ0) is 30.9. The van der Waals surface area contributed by atoms with Crippen LogP contribution in [0.15, 0.2) is 73.3 Å². The lowest BCUT2D eigenvalue weighted by Crippen LogP contribution is -2.31. The summed E-state index contributed by atoms with van der Waals surface area (Å²) in [7, 11) is 0. The van der Waals surface area contributed by atoms with Crippen LogP contribution >= 0.6 is 11.3 Å². The second kappa shape index (κ2) is 12.1. The molecule has 0 radical (unpaired) electrons. The van der Waals surface area contributed by atoms with Gasteiger partial charge in [-0.05, 0) is 48.4 Å². The molecule has 0 saturated carbocycles. The van der Waals surface area contributed by atoms with Crippen LogP contribution in [-0.2, 0) is 24.3 Å². The molecule has 2 aromatic carbocycles. The molecule has 4 aromatic heterocycles. The Morgan fingerprint density at radius 2 is 1.93 bits per heavy atom. The van der Waals surface area contributed by atoms with E-state index in [1.165, 1.54) is 17.4 Å². The molecule has 1 aliphatic rings. The maximum Gasteiger partial charge on any atom is 0.335 e. The second-order valence-electron chi connectivity index (χ2n) is 10.4. The topological polar surface area (TPSA) is 125 Å². The molecule has 1 fully saturated rings. The minimum atomic E-state index is -1.06. The zero-order valence-corrected chi connectivity index (χ0v) is 24.4. The number of rotatable bonds is 10. The van der Waals surface area contributed by atoms with Crippen molar-refractivity contribution in [2.45, 2.75) is 32.1 Å². The second-order valence-corrected chi connectivity index (χ2v) is 11.5. The molecule has 0 aliphatic carbocycles. The van der Waals surface area contributed by atoms with Crippen LogP contribution in [0.1, 0.15) is 33.2 Å². The molecule has 10 nitrogen and oxygen atoms in total. The molecule has 1 atom stereocenters. The fourth-order valence-electron chi connectivity index (χ4n) is 5.07. The summed E-state index contributed by atoms with van der Waals surface area (Å²) in [5.74, 6) is -1.62. The van der Waals surface area contributed by atoms with Crippen LogP contribution in [0.5, 0.6) is 5.88 Å². The number of thiazole rings is 1. The number of hydrogen-bond acceptors (Lipinski definition) is 9. The first kappa shape index (κ1) is 28.6. The smallest absolute Gasteiger partial charge is 0.335 e. The molecule has 13 heteroatoms. The molecule has 226 valence electrons. The average molecular weight is 627 g/mol. The number of carboxylic acid groups (broad SMARTS) is 1. The number of ether oxygens (including phenoxy) is 2. The SMILES string of the molecule is O=C(O)c1ccc2nc(Cc3cc(F)c(-c4cccc(OCc5ncc(-c6cnccn6)s5)n4)cc3F)n(CC3CCO3)c2c1. The predicted molar refractivity (Wildman–Crippen MR) is 161 cm³/mol. The minimum Gasteiger partial charge on any atom is -0.478 e. The van der Waals surface area contributed by atoms with Crippen molar-refractivity contribution in [1.29, 1.82) is 0 Å². The number of aromatic carboxylic acids is 1. The van der Waals surface area contributed by atoms with Crippen LogP contribution < -0.4 is 4.74 Å². The molecule has 45 heavy (non-hydrogen) atoms. The average Bonchev–Trinajstić information content (AvgIpc) is 3.64. The van der Waals surface area contributed by atoms with Crippen LogP contribution in [0.25, 0.3) is 32.9 Å². The molecular weight excluding hydrogens is 602 g/mol. The van der Waals surface area contributed by atoms with Gasteiger partial charge in [-0.1, -0.05) is 6.07 Å². The summed E-state index contributed by atoms with van der Waals surface area (Å²) >= 11 is 1.41. The minimum absolute atomic E-state index is 0.00617. The van der Waals surface area contributed by atoms with Gasteiger partial charge in [-0.2, -0.15) is 0 Å². The molecule has 7 rings (SSSR count). The van der Waals surface area contributed by atoms with Crippen molar-refractivity contribution in [3.63, 3.8) is 0 Å². The maximum absolute atomic E-state index is 15.5. The zero-order valence-electron chi connectivity index (χ0n) is 23.6. The third kappa shape index (κ3) is 5.99. The first-order valence-corrected chi connectivity index (χ1v) is 14.9. The first-order valence-electron chi connectivity index (χ1n) is 14.0. The summed E-state index contributed by atoms with van der Waals surface area (Å²) in [5, 5.41) is 10.2. The molecular formula is C32H24F2N6O4S. The Morgan fingerprint density at radius 1 is 1.04 bits per heavy atom. The Morgan fingerprint density at radius 3 is 2.71 bits per heavy atom. The van der Waals surface area contributed by atoms with Crippen molar-refractivity contribution in [2.24, 2.45) is 0 Å². The number of aromatic nitrogens is 6. The number of carboxylic acids is 1. The van der Waals surface area contributed by atoms with E-state index < -0.39 is 17.6 Å². The van der Waals surface area contributed by atoms with Crippen molar-refractivity contribution in [2.75, 3.05) is 6.61 Å². The van der Waals surface area contributed by atoms with Crippen molar-refractivity contribution < 1.29 is 28.2 Å². The number of imidazole rings is 1. The van der Waals surface area contributed by atoms with Crippen molar-refractivity contribution >= 4 is 28.3 Å². The predicted octanol–water partition coefficient (Wildman–Crippen LogP) is 5.95. The van der Waals surface area contributed by atoms with Gasteiger partial charge in [0.2, 0.25) is 5.88 Å². The maximum atomic E-state index is 15.5. The monoisotopic (exact) mass is 626 g/mol. The Labute approximate surface area is 259 Å². The third-order valence-corrected chi connectivity index (χ3v) is 8.44. The van der Waals surface area contributed by atoms with Crippen molar-refractivity contribution in [3.8, 4) is 27.7 Å². The van der Waals surface area contributed by atoms with Gasteiger partial charge >= 0.3 is 5.97 Å². The standard InChI is InChI=1S/C32H24F2N6O4S/c33-22-13-21(24-2-1-3-30(39-24)44-17-31-37-15-28(45-31)26-14-35-7-8-36-26)23(34)10-19(22)12-29-38-25-5-4-18(32(41)42)11-27(25)40(29)16-20-6-9-43-20/h1-5,7-8,10-11,13-15,20H,6,9,12,16-17H2,(H,41,42). The summed E-state index contributed by atoms with van der Waals surface area (Å²) < 4.78 is 44.3. The van der Waals surface area contributed by atoms with E-state index in [0.29, 0.717) is 40.7 Å². The lowest BCUT2D eigenvalue weighted by atomic mass is 10.0. The molecule has 0 amide bonds. The Kier molecular flexibility index (Phi) is 7.69. The van der Waals surface area contributed by atoms with E-state index in [2.05, 4.69) is 24.9 Å². The van der Waals surface area contributed by atoms with Crippen LogP contribution in [-0.4, -0.2) is 53.3 Å². The lowest BCUT2D eigenvalue weighted by molar-refractivity contribution is -0.0589. The fourth-order valence-corrected chi connectivity index (χ4v) is 5.86. The summed E-state index contributed by atoms with van der Waals surface area (Å²) in [6.07, 6.45) is 7.33. The molecule has 0 bridgehead atoms. The normalized spacial score (nSPS) is 14.4. The van der Waals surface area contributed by atoms with Gasteiger partial charge in [0, 0.05) is 43.2 Å². The van der Waals surface area contributed by atoms with E-state index in [9.17, 15) is 9.90 Å². The van der Waals surface area contributed by atoms with E-state index in [0.717, 1.165) is 23.4 Å². The van der Waals surface area contributed by atoms with Crippen molar-refractivity contribution in [3.05, 3.63) is 107 Å². The van der Waals surface area contributed by atoms with Gasteiger partial charge in [0.1, 0.15) is 34.8 Å². The van der Waals surface area contributed by atoms with Gasteiger partial charge in [0.05, 0.1) is 46.0 Å². The molecule has 0 spiro atoms. The molecule has 5 heterocycles. The Balaban J connectivity index is 1.11. The van der Waals surface area contributed by atoms with Gasteiger partial charge in [0.25, 0.3) is 0 Å². The highest BCUT2D eigenvalue weighted by molar-refractivity contribution is 7.15. The first-order chi connectivity index (χ1) is 21.9. The van der Waals surface area contributed by atoms with Gasteiger partial charge in [0.15, 0.2) is 0 Å². The quantitative estimate of drug-likeness (QED) is 0.196. The number of hydrogen-bond donors (Lipinski definition) is 1. The Bertz CT molecular complexity index is 2030. The molecule has 1 saturated heterocycles. The van der Waals surface area contributed by atoms with Gasteiger partial charge < -0.3 is 19.1 Å². The van der Waals surface area contributed by atoms with E-state index in [1.807, 2.05) is 4.57 Å². The highest BCUT2D eigenvalue weighted by Gasteiger charge is 2.24. The van der Waals surface area contributed by atoms with Gasteiger partial charge in [-0.25, -0.2) is 28.5 Å². The van der Waals surface area contributed by atoms with E-state index in [1.54, 1.807) is 55.1 Å². The van der Waals surface area contributed by atoms with Crippen molar-refractivity contribution in [1.82, 2.24) is 29.5 Å². The molecule has 1 N–H and O–H groups in total. The summed E-state index contributed by atoms with van der Waals surface area (Å²) in [6.45, 7) is 1.21. The van der Waals surface area contributed by atoms with Crippen LogP contribution in [0.3, 0.4) is 0 Å². The lowest BCUT2D eigenvalue weighted by Gasteiger charge is -2.27. The van der Waals surface area contributed by atoms with E-state index >= 15 is 8.78 Å². The number of halogens is 2. The van der Waals surface area contributed by atoms with Gasteiger partial charge in [-0.15, -0.1) is 11.3 Å². The molecule has 1 aliphatic heterocycles. The highest BCUT2D eigenvalue weighted by Crippen LogP contribution is 2.30. The number of carbonyl (C=O) groups is 1. The largest absolute Gasteiger partial charge is 0.478 e. The third-order valence-electron chi connectivity index (χ3n) is 7.45. The fraction of sp³-hybridized carbons (Fsp3) is 0.188. The van der Waals surface area contributed by atoms with E-state index in [4.69, 9.17) is 9.47 Å². The number of nitrogens with zero attached hydrogens (tertiary/aromatic N) is 6. The molecule has 1 unspecified atom stereocenters. The van der Waals surface area contributed by atoms with Gasteiger partial charge in [-0.3, -0.25) is 9.97 Å². The summed E-state index contributed by atoms with van der Waals surface area (Å²) in [4.78, 5) is 34.2.